The standard InChI is InChI=1S/C17H31NO4/c1-4-7-8-9-10-11-12-14-22-16(19)15(13-5-2)18-17(20)21-6-3/h5,15H,2,4,6-14H2,1,3H3,(H,18,20). The minimum absolute atomic E-state index is 0.264. The Hall–Kier alpha value is -1.52. The highest BCUT2D eigenvalue weighted by atomic mass is 16.6. The molecule has 1 N–H and O–H groups in total. The van der Waals surface area contributed by atoms with Crippen molar-refractivity contribution in [2.75, 3.05) is 13.2 Å². The van der Waals surface area contributed by atoms with Crippen LogP contribution in [0.15, 0.2) is 12.7 Å². The van der Waals surface area contributed by atoms with Crippen molar-refractivity contribution >= 4 is 12.1 Å². The molecule has 0 radical (unpaired) electrons. The van der Waals surface area contributed by atoms with Gasteiger partial charge in [0.2, 0.25) is 0 Å². The summed E-state index contributed by atoms with van der Waals surface area (Å²) in [4.78, 5) is 23.3. The largest absolute Gasteiger partial charge is 0.464 e. The van der Waals surface area contributed by atoms with Crippen LogP contribution in [-0.4, -0.2) is 31.3 Å². The Kier molecular flexibility index (Phi) is 13.4. The Labute approximate surface area is 134 Å². The van der Waals surface area contributed by atoms with Crippen molar-refractivity contribution in [2.45, 2.75) is 71.3 Å². The first-order valence-electron chi connectivity index (χ1n) is 8.36. The molecule has 0 aromatic heterocycles. The highest BCUT2D eigenvalue weighted by Gasteiger charge is 2.21. The summed E-state index contributed by atoms with van der Waals surface area (Å²) in [7, 11) is 0. The van der Waals surface area contributed by atoms with Gasteiger partial charge in [0, 0.05) is 0 Å². The number of carbonyl (C=O) groups excluding carboxylic acids is 2. The molecule has 0 aliphatic heterocycles. The highest BCUT2D eigenvalue weighted by Crippen LogP contribution is 2.07. The minimum Gasteiger partial charge on any atom is -0.464 e. The van der Waals surface area contributed by atoms with Gasteiger partial charge in [0.1, 0.15) is 6.04 Å². The molecule has 1 atom stereocenters. The van der Waals surface area contributed by atoms with E-state index in [0.717, 1.165) is 12.8 Å². The SMILES string of the molecule is C=CCC(NC(=O)OCC)C(=O)OCCCCCCCCC. The molecule has 0 rings (SSSR count). The second-order valence-electron chi connectivity index (χ2n) is 5.23. The van der Waals surface area contributed by atoms with Crippen LogP contribution in [0, 0.1) is 0 Å². The molecule has 5 heteroatoms. The van der Waals surface area contributed by atoms with Crippen LogP contribution in [0.2, 0.25) is 0 Å². The molecule has 1 unspecified atom stereocenters. The van der Waals surface area contributed by atoms with Crippen molar-refractivity contribution < 1.29 is 19.1 Å². The molecule has 0 saturated carbocycles. The van der Waals surface area contributed by atoms with Crippen LogP contribution in [0.1, 0.15) is 65.2 Å². The third kappa shape index (κ3) is 11.2. The van der Waals surface area contributed by atoms with Gasteiger partial charge in [0.05, 0.1) is 13.2 Å². The molecular weight excluding hydrogens is 282 g/mol. The van der Waals surface area contributed by atoms with E-state index in [1.54, 1.807) is 13.0 Å². The summed E-state index contributed by atoms with van der Waals surface area (Å²) in [6, 6.07) is -0.721. The molecule has 0 aliphatic rings. The number of rotatable bonds is 13. The van der Waals surface area contributed by atoms with E-state index in [1.807, 2.05) is 0 Å². The molecule has 5 nitrogen and oxygen atoms in total. The van der Waals surface area contributed by atoms with Crippen LogP contribution >= 0.6 is 0 Å². The fraction of sp³-hybridized carbons (Fsp3) is 0.765. The van der Waals surface area contributed by atoms with Crippen molar-refractivity contribution in [2.24, 2.45) is 0 Å². The number of hydrogen-bond acceptors (Lipinski definition) is 4. The van der Waals surface area contributed by atoms with Crippen molar-refractivity contribution in [1.29, 1.82) is 0 Å². The molecule has 0 saturated heterocycles. The summed E-state index contributed by atoms with van der Waals surface area (Å²) < 4.78 is 9.97. The highest BCUT2D eigenvalue weighted by molar-refractivity contribution is 5.81. The van der Waals surface area contributed by atoms with E-state index < -0.39 is 18.1 Å². The number of nitrogens with one attached hydrogen (secondary N) is 1. The Morgan fingerprint density at radius 3 is 2.27 bits per heavy atom. The fourth-order valence-corrected chi connectivity index (χ4v) is 2.03. The van der Waals surface area contributed by atoms with Crippen LogP contribution in [-0.2, 0) is 14.3 Å². The molecule has 0 fully saturated rings. The molecule has 22 heavy (non-hydrogen) atoms. The summed E-state index contributed by atoms with van der Waals surface area (Å²) in [5.41, 5.74) is 0. The molecule has 1 amide bonds. The maximum Gasteiger partial charge on any atom is 0.407 e. The van der Waals surface area contributed by atoms with E-state index in [1.165, 1.54) is 32.1 Å². The van der Waals surface area contributed by atoms with Gasteiger partial charge >= 0.3 is 12.1 Å². The lowest BCUT2D eigenvalue weighted by atomic mass is 10.1. The maximum atomic E-state index is 11.9. The average molecular weight is 313 g/mol. The average Bonchev–Trinajstić information content (AvgIpc) is 2.49. The third-order valence-electron chi connectivity index (χ3n) is 3.25. The second-order valence-corrected chi connectivity index (χ2v) is 5.23. The smallest absolute Gasteiger partial charge is 0.407 e. The normalized spacial score (nSPS) is 11.5. The molecule has 0 aromatic carbocycles. The number of alkyl carbamates (subject to hydrolysis) is 1. The zero-order valence-corrected chi connectivity index (χ0v) is 14.1. The number of ether oxygens (including phenoxy) is 2. The van der Waals surface area contributed by atoms with E-state index in [-0.39, 0.29) is 6.61 Å². The van der Waals surface area contributed by atoms with Gasteiger partial charge in [-0.1, -0.05) is 51.5 Å². The Balaban J connectivity index is 3.84. The van der Waals surface area contributed by atoms with Crippen LogP contribution in [0.25, 0.3) is 0 Å². The lowest BCUT2D eigenvalue weighted by molar-refractivity contribution is -0.146. The molecule has 0 bridgehead atoms. The van der Waals surface area contributed by atoms with E-state index in [4.69, 9.17) is 9.47 Å². The van der Waals surface area contributed by atoms with Gasteiger partial charge in [0.15, 0.2) is 0 Å². The van der Waals surface area contributed by atoms with E-state index in [9.17, 15) is 9.59 Å². The predicted molar refractivity (Wildman–Crippen MR) is 87.7 cm³/mol. The van der Waals surface area contributed by atoms with Crippen LogP contribution in [0.4, 0.5) is 4.79 Å². The van der Waals surface area contributed by atoms with Crippen LogP contribution in [0.5, 0.6) is 0 Å². The van der Waals surface area contributed by atoms with E-state index >= 15 is 0 Å². The zero-order valence-electron chi connectivity index (χ0n) is 14.1. The van der Waals surface area contributed by atoms with Gasteiger partial charge < -0.3 is 14.8 Å². The lowest BCUT2D eigenvalue weighted by Gasteiger charge is -2.15. The summed E-state index contributed by atoms with van der Waals surface area (Å²) in [6.07, 6.45) is 9.45. The second kappa shape index (κ2) is 14.4. The van der Waals surface area contributed by atoms with Gasteiger partial charge in [-0.3, -0.25) is 0 Å². The number of amides is 1. The lowest BCUT2D eigenvalue weighted by Crippen LogP contribution is -2.41. The van der Waals surface area contributed by atoms with Crippen molar-refractivity contribution in [3.63, 3.8) is 0 Å². The molecule has 0 aliphatic carbocycles. The molecule has 0 spiro atoms. The monoisotopic (exact) mass is 313 g/mol. The Bertz CT molecular complexity index is 318. The number of unbranched alkanes of at least 4 members (excludes halogenated alkanes) is 6. The fourth-order valence-electron chi connectivity index (χ4n) is 2.03. The molecule has 128 valence electrons. The molecule has 0 heterocycles. The summed E-state index contributed by atoms with van der Waals surface area (Å²) in [5.74, 6) is -0.432. The minimum atomic E-state index is -0.721. The summed E-state index contributed by atoms with van der Waals surface area (Å²) in [5, 5.41) is 2.49. The third-order valence-corrected chi connectivity index (χ3v) is 3.25. The van der Waals surface area contributed by atoms with Gasteiger partial charge in [-0.15, -0.1) is 6.58 Å². The first-order chi connectivity index (χ1) is 10.7. The van der Waals surface area contributed by atoms with E-state index in [2.05, 4.69) is 18.8 Å². The van der Waals surface area contributed by atoms with Crippen LogP contribution < -0.4 is 5.32 Å². The van der Waals surface area contributed by atoms with Crippen LogP contribution in [0.3, 0.4) is 0 Å². The van der Waals surface area contributed by atoms with Crippen molar-refractivity contribution in [1.82, 2.24) is 5.32 Å². The Morgan fingerprint density at radius 1 is 1.05 bits per heavy atom. The van der Waals surface area contributed by atoms with Crippen molar-refractivity contribution in [3.05, 3.63) is 12.7 Å². The summed E-state index contributed by atoms with van der Waals surface area (Å²) in [6.45, 7) is 8.15. The van der Waals surface area contributed by atoms with Gasteiger partial charge in [-0.05, 0) is 19.8 Å². The zero-order chi connectivity index (χ0) is 16.6. The van der Waals surface area contributed by atoms with Gasteiger partial charge in [0.25, 0.3) is 0 Å². The van der Waals surface area contributed by atoms with Crippen molar-refractivity contribution in [3.8, 4) is 0 Å². The quantitative estimate of drug-likeness (QED) is 0.317. The molecule has 0 aromatic rings. The van der Waals surface area contributed by atoms with Gasteiger partial charge in [-0.2, -0.15) is 0 Å². The number of carbonyl (C=O) groups is 2. The number of hydrogen-bond donors (Lipinski definition) is 1. The summed E-state index contributed by atoms with van der Waals surface area (Å²) >= 11 is 0. The molecular formula is C17H31NO4. The predicted octanol–water partition coefficient (Wildman–Crippen LogP) is 3.97. The first kappa shape index (κ1) is 20.5. The number of esters is 1. The topological polar surface area (TPSA) is 64.6 Å². The maximum absolute atomic E-state index is 11.9. The van der Waals surface area contributed by atoms with E-state index in [0.29, 0.717) is 13.0 Å². The Morgan fingerprint density at radius 2 is 1.68 bits per heavy atom. The van der Waals surface area contributed by atoms with Gasteiger partial charge in [-0.25, -0.2) is 9.59 Å². The first-order valence-corrected chi connectivity index (χ1v) is 8.36.